The van der Waals surface area contributed by atoms with Crippen molar-refractivity contribution in [3.05, 3.63) is 58.6 Å². The molecule has 1 aromatic carbocycles. The van der Waals surface area contributed by atoms with Gasteiger partial charge in [-0.3, -0.25) is 4.79 Å². The molecule has 0 saturated heterocycles. The fraction of sp³-hybridized carbons (Fsp3) is 0.261. The fourth-order valence-electron chi connectivity index (χ4n) is 3.62. The molecule has 172 valence electrons. The number of rotatable bonds is 7. The van der Waals surface area contributed by atoms with Crippen molar-refractivity contribution in [3.8, 4) is 10.6 Å². The molecular formula is C23H24N4O4S2. The average Bonchev–Trinajstić information content (AvgIpc) is 3.45. The van der Waals surface area contributed by atoms with E-state index in [9.17, 15) is 13.2 Å². The molecule has 4 rings (SSSR count). The molecule has 3 heterocycles. The minimum Gasteiger partial charge on any atom is -0.335 e. The minimum atomic E-state index is -3.66. The molecule has 1 N–H and O–H groups in total. The van der Waals surface area contributed by atoms with Crippen LogP contribution in [-0.4, -0.2) is 41.9 Å². The van der Waals surface area contributed by atoms with Gasteiger partial charge in [-0.05, 0) is 49.1 Å². The number of hydrogen-bond acceptors (Lipinski definition) is 7. The highest BCUT2D eigenvalue weighted by molar-refractivity contribution is 7.89. The Labute approximate surface area is 196 Å². The van der Waals surface area contributed by atoms with E-state index in [1.165, 1.54) is 21.7 Å². The maximum atomic E-state index is 13.4. The molecule has 0 aliphatic carbocycles. The quantitative estimate of drug-likeness (QED) is 0.402. The van der Waals surface area contributed by atoms with Crippen LogP contribution >= 0.6 is 11.3 Å². The molecule has 3 aromatic heterocycles. The topological polar surface area (TPSA) is 105 Å². The zero-order valence-corrected chi connectivity index (χ0v) is 20.4. The summed E-state index contributed by atoms with van der Waals surface area (Å²) in [5.41, 5.74) is 2.96. The monoisotopic (exact) mass is 484 g/mol. The van der Waals surface area contributed by atoms with Gasteiger partial charge in [0.2, 0.25) is 10.0 Å². The van der Waals surface area contributed by atoms with E-state index >= 15 is 0 Å². The Hall–Kier alpha value is -3.08. The second-order valence-corrected chi connectivity index (χ2v) is 10.4. The van der Waals surface area contributed by atoms with Crippen molar-refractivity contribution in [2.24, 2.45) is 0 Å². The third-order valence-corrected chi connectivity index (χ3v) is 8.37. The van der Waals surface area contributed by atoms with Gasteiger partial charge in [-0.15, -0.1) is 11.3 Å². The zero-order chi connectivity index (χ0) is 23.8. The number of aryl methyl sites for hydroxylation is 2. The van der Waals surface area contributed by atoms with Gasteiger partial charge >= 0.3 is 0 Å². The van der Waals surface area contributed by atoms with E-state index in [1.54, 1.807) is 39.0 Å². The molecule has 10 heteroatoms. The minimum absolute atomic E-state index is 0.132. The van der Waals surface area contributed by atoms with E-state index in [-0.39, 0.29) is 10.6 Å². The standard InChI is InChI=1S/C23H24N4O4S2/c1-5-27(6-2)33(29,30)16-10-9-14(3)18(12-16)24-22(28)17-13-19(20-8-7-11-32-20)25-23-21(17)15(4)26-31-23/h7-13H,5-6H2,1-4H3,(H,24,28). The molecule has 1 amide bonds. The van der Waals surface area contributed by atoms with Crippen molar-refractivity contribution in [3.63, 3.8) is 0 Å². The number of nitrogens with one attached hydrogen (secondary N) is 1. The van der Waals surface area contributed by atoms with Crippen LogP contribution in [0.2, 0.25) is 0 Å². The highest BCUT2D eigenvalue weighted by Crippen LogP contribution is 2.30. The third kappa shape index (κ3) is 4.29. The SMILES string of the molecule is CCN(CC)S(=O)(=O)c1ccc(C)c(NC(=O)c2cc(-c3cccs3)nc3onc(C)c23)c1. The first-order valence-electron chi connectivity index (χ1n) is 10.5. The average molecular weight is 485 g/mol. The lowest BCUT2D eigenvalue weighted by Crippen LogP contribution is -2.30. The van der Waals surface area contributed by atoms with E-state index in [0.29, 0.717) is 41.1 Å². The molecule has 0 bridgehead atoms. The highest BCUT2D eigenvalue weighted by atomic mass is 32.2. The van der Waals surface area contributed by atoms with Gasteiger partial charge in [0.15, 0.2) is 0 Å². The number of nitrogens with zero attached hydrogens (tertiary/aromatic N) is 3. The molecule has 0 fully saturated rings. The van der Waals surface area contributed by atoms with Crippen LogP contribution in [0.3, 0.4) is 0 Å². The Morgan fingerprint density at radius 1 is 1.15 bits per heavy atom. The molecular weight excluding hydrogens is 460 g/mol. The lowest BCUT2D eigenvalue weighted by atomic mass is 10.1. The Bertz CT molecular complexity index is 1420. The number of sulfonamides is 1. The third-order valence-electron chi connectivity index (χ3n) is 5.44. The van der Waals surface area contributed by atoms with Gasteiger partial charge in [0.25, 0.3) is 11.6 Å². The number of carbonyl (C=O) groups is 1. The summed E-state index contributed by atoms with van der Waals surface area (Å²) >= 11 is 1.50. The van der Waals surface area contributed by atoms with Crippen LogP contribution in [0.25, 0.3) is 21.7 Å². The zero-order valence-electron chi connectivity index (χ0n) is 18.7. The largest absolute Gasteiger partial charge is 0.335 e. The van der Waals surface area contributed by atoms with Crippen molar-refractivity contribution < 1.29 is 17.7 Å². The van der Waals surface area contributed by atoms with Gasteiger partial charge < -0.3 is 9.84 Å². The van der Waals surface area contributed by atoms with Crippen molar-refractivity contribution in [1.82, 2.24) is 14.4 Å². The molecule has 0 aliphatic rings. The van der Waals surface area contributed by atoms with Gasteiger partial charge in [0.1, 0.15) is 0 Å². The number of fused-ring (bicyclic) bond motifs is 1. The lowest BCUT2D eigenvalue weighted by Gasteiger charge is -2.19. The van der Waals surface area contributed by atoms with Crippen molar-refractivity contribution in [2.45, 2.75) is 32.6 Å². The fourth-order valence-corrected chi connectivity index (χ4v) is 5.79. The number of carbonyl (C=O) groups excluding carboxylic acids is 1. The Morgan fingerprint density at radius 2 is 1.91 bits per heavy atom. The summed E-state index contributed by atoms with van der Waals surface area (Å²) in [6.07, 6.45) is 0. The number of pyridine rings is 1. The molecule has 0 radical (unpaired) electrons. The molecule has 8 nitrogen and oxygen atoms in total. The van der Waals surface area contributed by atoms with E-state index in [1.807, 2.05) is 24.4 Å². The summed E-state index contributed by atoms with van der Waals surface area (Å²) < 4.78 is 32.6. The number of aromatic nitrogens is 2. The van der Waals surface area contributed by atoms with Gasteiger partial charge in [0, 0.05) is 18.8 Å². The van der Waals surface area contributed by atoms with Gasteiger partial charge in [-0.2, -0.15) is 4.31 Å². The molecule has 0 spiro atoms. The number of thiophene rings is 1. The van der Waals surface area contributed by atoms with Gasteiger partial charge in [0.05, 0.1) is 32.1 Å². The normalized spacial score (nSPS) is 11.9. The molecule has 0 saturated carbocycles. The van der Waals surface area contributed by atoms with E-state index in [0.717, 1.165) is 10.4 Å². The predicted molar refractivity (Wildman–Crippen MR) is 129 cm³/mol. The van der Waals surface area contributed by atoms with Crippen LogP contribution in [0, 0.1) is 13.8 Å². The summed E-state index contributed by atoms with van der Waals surface area (Å²) in [7, 11) is -3.66. The van der Waals surface area contributed by atoms with Crippen molar-refractivity contribution in [2.75, 3.05) is 18.4 Å². The van der Waals surface area contributed by atoms with Gasteiger partial charge in [-0.1, -0.05) is 31.1 Å². The smallest absolute Gasteiger partial charge is 0.259 e. The number of amides is 1. The van der Waals surface area contributed by atoms with Crippen LogP contribution in [-0.2, 0) is 10.0 Å². The van der Waals surface area contributed by atoms with E-state index < -0.39 is 15.9 Å². The van der Waals surface area contributed by atoms with Crippen LogP contribution in [0.4, 0.5) is 5.69 Å². The molecule has 0 aliphatic heterocycles. The van der Waals surface area contributed by atoms with E-state index in [2.05, 4.69) is 15.5 Å². The first kappa shape index (κ1) is 23.1. The summed E-state index contributed by atoms with van der Waals surface area (Å²) in [5.74, 6) is -0.396. The van der Waals surface area contributed by atoms with Crippen LogP contribution in [0.5, 0.6) is 0 Å². The first-order chi connectivity index (χ1) is 15.8. The Balaban J connectivity index is 1.76. The number of hydrogen-bond donors (Lipinski definition) is 1. The lowest BCUT2D eigenvalue weighted by molar-refractivity contribution is 0.102. The van der Waals surface area contributed by atoms with Crippen LogP contribution in [0.15, 0.2) is 51.2 Å². The molecule has 33 heavy (non-hydrogen) atoms. The molecule has 0 unspecified atom stereocenters. The molecule has 4 aromatic rings. The van der Waals surface area contributed by atoms with Gasteiger partial charge in [-0.25, -0.2) is 13.4 Å². The number of anilines is 1. The predicted octanol–water partition coefficient (Wildman–Crippen LogP) is 4.85. The summed E-state index contributed by atoms with van der Waals surface area (Å²) in [5, 5.41) is 9.31. The van der Waals surface area contributed by atoms with Crippen molar-refractivity contribution in [1.29, 1.82) is 0 Å². The van der Waals surface area contributed by atoms with Crippen LogP contribution in [0.1, 0.15) is 35.5 Å². The summed E-state index contributed by atoms with van der Waals surface area (Å²) in [4.78, 5) is 18.9. The Kier molecular flexibility index (Phi) is 6.33. The van der Waals surface area contributed by atoms with Crippen molar-refractivity contribution >= 4 is 44.1 Å². The maximum Gasteiger partial charge on any atom is 0.259 e. The Morgan fingerprint density at radius 3 is 2.58 bits per heavy atom. The second-order valence-electron chi connectivity index (χ2n) is 7.50. The van der Waals surface area contributed by atoms with Crippen LogP contribution < -0.4 is 5.32 Å². The van der Waals surface area contributed by atoms with E-state index in [4.69, 9.17) is 4.52 Å². The second kappa shape index (κ2) is 9.05. The maximum absolute atomic E-state index is 13.4. The first-order valence-corrected chi connectivity index (χ1v) is 12.8. The highest BCUT2D eigenvalue weighted by Gasteiger charge is 2.24. The number of benzene rings is 1. The summed E-state index contributed by atoms with van der Waals surface area (Å²) in [6, 6.07) is 10.3. The summed E-state index contributed by atoms with van der Waals surface area (Å²) in [6.45, 7) is 7.87. The molecule has 0 atom stereocenters.